The number of unbranched alkanes of at least 4 members (excludes halogenated alkanes) is 34. The summed E-state index contributed by atoms with van der Waals surface area (Å²) in [5, 5.41) is 0. The molecule has 6 nitrogen and oxygen atoms in total. The van der Waals surface area contributed by atoms with Gasteiger partial charge in [-0.25, -0.2) is 0 Å². The Kier molecular flexibility index (Phi) is 51.3. The molecule has 0 heterocycles. The van der Waals surface area contributed by atoms with E-state index in [-0.39, 0.29) is 31.1 Å². The van der Waals surface area contributed by atoms with Gasteiger partial charge in [0.25, 0.3) is 0 Å². The molecule has 0 radical (unpaired) electrons. The second-order valence-corrected chi connectivity index (χ2v) is 18.9. The zero-order valence-electron chi connectivity index (χ0n) is 42.8. The van der Waals surface area contributed by atoms with Crippen LogP contribution >= 0.6 is 0 Å². The van der Waals surface area contributed by atoms with E-state index in [1.807, 2.05) is 0 Å². The van der Waals surface area contributed by atoms with Crippen molar-refractivity contribution >= 4 is 17.9 Å². The van der Waals surface area contributed by atoms with Gasteiger partial charge in [-0.2, -0.15) is 0 Å². The van der Waals surface area contributed by atoms with Crippen LogP contribution in [0.5, 0.6) is 0 Å². The Morgan fingerprint density at radius 2 is 0.562 bits per heavy atom. The maximum absolute atomic E-state index is 12.8. The molecular weight excluding hydrogens is 793 g/mol. The lowest BCUT2D eigenvalue weighted by molar-refractivity contribution is -0.167. The highest BCUT2D eigenvalue weighted by molar-refractivity contribution is 5.71. The van der Waals surface area contributed by atoms with Gasteiger partial charge >= 0.3 is 17.9 Å². The number of allylic oxidation sites excluding steroid dienone is 6. The van der Waals surface area contributed by atoms with Crippen LogP contribution in [0.15, 0.2) is 36.5 Å². The molecular formula is C58H106O6. The topological polar surface area (TPSA) is 78.9 Å². The molecule has 0 aromatic rings. The van der Waals surface area contributed by atoms with Crippen molar-refractivity contribution in [3.63, 3.8) is 0 Å². The first-order valence-electron chi connectivity index (χ1n) is 28.0. The monoisotopic (exact) mass is 899 g/mol. The van der Waals surface area contributed by atoms with E-state index in [0.29, 0.717) is 19.3 Å². The third-order valence-electron chi connectivity index (χ3n) is 12.4. The minimum Gasteiger partial charge on any atom is -0.462 e. The quantitative estimate of drug-likeness (QED) is 0.0262. The maximum Gasteiger partial charge on any atom is 0.306 e. The van der Waals surface area contributed by atoms with E-state index >= 15 is 0 Å². The van der Waals surface area contributed by atoms with Gasteiger partial charge in [-0.15, -0.1) is 0 Å². The SMILES string of the molecule is CCCCCCC/C=C\C/C=C\C/C=C\CCCCCCCCCCC(=O)OCC(COC(=O)CCCCCCCCCCCC)OC(=O)CCCCCCCCCCCCCCC. The molecule has 0 N–H and O–H groups in total. The van der Waals surface area contributed by atoms with Gasteiger partial charge < -0.3 is 14.2 Å². The van der Waals surface area contributed by atoms with Crippen LogP contribution in [-0.4, -0.2) is 37.2 Å². The molecule has 6 heteroatoms. The fourth-order valence-electron chi connectivity index (χ4n) is 8.16. The molecule has 0 aromatic heterocycles. The summed E-state index contributed by atoms with van der Waals surface area (Å²) in [4.78, 5) is 38.0. The van der Waals surface area contributed by atoms with Gasteiger partial charge in [-0.1, -0.05) is 256 Å². The lowest BCUT2D eigenvalue weighted by Gasteiger charge is -2.18. The highest BCUT2D eigenvalue weighted by atomic mass is 16.6. The van der Waals surface area contributed by atoms with Gasteiger partial charge in [0.05, 0.1) is 0 Å². The lowest BCUT2D eigenvalue weighted by atomic mass is 10.0. The Hall–Kier alpha value is -2.37. The number of ether oxygens (including phenoxy) is 3. The van der Waals surface area contributed by atoms with Gasteiger partial charge in [0.1, 0.15) is 13.2 Å². The molecule has 0 bridgehead atoms. The first-order chi connectivity index (χ1) is 31.5. The van der Waals surface area contributed by atoms with Gasteiger partial charge in [0.15, 0.2) is 6.10 Å². The van der Waals surface area contributed by atoms with Crippen LogP contribution in [0.3, 0.4) is 0 Å². The molecule has 0 saturated heterocycles. The molecule has 374 valence electrons. The average Bonchev–Trinajstić information content (AvgIpc) is 3.29. The third kappa shape index (κ3) is 50.6. The van der Waals surface area contributed by atoms with Crippen molar-refractivity contribution in [1.82, 2.24) is 0 Å². The highest BCUT2D eigenvalue weighted by Crippen LogP contribution is 2.16. The average molecular weight is 899 g/mol. The van der Waals surface area contributed by atoms with E-state index < -0.39 is 6.10 Å². The van der Waals surface area contributed by atoms with Gasteiger partial charge in [0, 0.05) is 19.3 Å². The summed E-state index contributed by atoms with van der Waals surface area (Å²) in [6.07, 6.45) is 62.8. The van der Waals surface area contributed by atoms with Crippen LogP contribution in [0.1, 0.15) is 297 Å². The Labute approximate surface area is 397 Å². The zero-order valence-corrected chi connectivity index (χ0v) is 42.8. The fraction of sp³-hybridized carbons (Fsp3) is 0.845. The smallest absolute Gasteiger partial charge is 0.306 e. The van der Waals surface area contributed by atoms with Gasteiger partial charge in [0.2, 0.25) is 0 Å². The normalized spacial score (nSPS) is 12.2. The number of hydrogen-bond donors (Lipinski definition) is 0. The third-order valence-corrected chi connectivity index (χ3v) is 12.4. The van der Waals surface area contributed by atoms with E-state index in [4.69, 9.17) is 14.2 Å². The fourth-order valence-corrected chi connectivity index (χ4v) is 8.16. The predicted molar refractivity (Wildman–Crippen MR) is 275 cm³/mol. The Morgan fingerprint density at radius 1 is 0.312 bits per heavy atom. The van der Waals surface area contributed by atoms with Crippen molar-refractivity contribution in [3.05, 3.63) is 36.5 Å². The first-order valence-corrected chi connectivity index (χ1v) is 28.0. The maximum atomic E-state index is 12.8. The molecule has 1 unspecified atom stereocenters. The molecule has 0 saturated carbocycles. The van der Waals surface area contributed by atoms with E-state index in [1.165, 1.54) is 180 Å². The highest BCUT2D eigenvalue weighted by Gasteiger charge is 2.19. The molecule has 64 heavy (non-hydrogen) atoms. The molecule has 0 aliphatic rings. The second kappa shape index (κ2) is 53.2. The minimum absolute atomic E-state index is 0.0701. The van der Waals surface area contributed by atoms with Crippen LogP contribution < -0.4 is 0 Å². The molecule has 0 aliphatic heterocycles. The Morgan fingerprint density at radius 3 is 0.875 bits per heavy atom. The molecule has 0 fully saturated rings. The van der Waals surface area contributed by atoms with Crippen LogP contribution in [0.25, 0.3) is 0 Å². The summed E-state index contributed by atoms with van der Waals surface area (Å²) in [5.41, 5.74) is 0. The largest absolute Gasteiger partial charge is 0.462 e. The molecule has 0 aromatic carbocycles. The standard InChI is InChI=1S/C58H106O6/c1-4-7-10-13-16-19-22-24-25-26-27-28-29-30-31-32-33-35-36-39-42-45-48-51-57(60)63-54-55(53-62-56(59)50-47-44-41-38-21-18-15-12-9-6-3)64-58(61)52-49-46-43-40-37-34-23-20-17-14-11-8-5-2/h22,24,26-27,29-30,55H,4-21,23,25,28,31-54H2,1-3H3/b24-22-,27-26-,30-29-. The molecule has 0 aliphatic carbocycles. The summed E-state index contributed by atoms with van der Waals surface area (Å²) < 4.78 is 16.8. The summed E-state index contributed by atoms with van der Waals surface area (Å²) in [6.45, 7) is 6.64. The number of hydrogen-bond acceptors (Lipinski definition) is 6. The van der Waals surface area contributed by atoms with E-state index in [2.05, 4.69) is 57.2 Å². The van der Waals surface area contributed by atoms with Crippen molar-refractivity contribution in [2.75, 3.05) is 13.2 Å². The van der Waals surface area contributed by atoms with E-state index in [1.54, 1.807) is 0 Å². The lowest BCUT2D eigenvalue weighted by Crippen LogP contribution is -2.30. The summed E-state index contributed by atoms with van der Waals surface area (Å²) >= 11 is 0. The Bertz CT molecular complexity index is 1080. The summed E-state index contributed by atoms with van der Waals surface area (Å²) in [6, 6.07) is 0. The Balaban J connectivity index is 4.24. The molecule has 0 spiro atoms. The van der Waals surface area contributed by atoms with Crippen molar-refractivity contribution in [3.8, 4) is 0 Å². The first kappa shape index (κ1) is 61.6. The zero-order chi connectivity index (χ0) is 46.5. The number of carbonyl (C=O) groups excluding carboxylic acids is 3. The van der Waals surface area contributed by atoms with Crippen LogP contribution in [0.2, 0.25) is 0 Å². The predicted octanol–water partition coefficient (Wildman–Crippen LogP) is 18.5. The van der Waals surface area contributed by atoms with Crippen LogP contribution in [0.4, 0.5) is 0 Å². The molecule has 0 amide bonds. The van der Waals surface area contributed by atoms with Crippen LogP contribution in [-0.2, 0) is 28.6 Å². The summed E-state index contributed by atoms with van der Waals surface area (Å²) in [5.74, 6) is -0.865. The van der Waals surface area contributed by atoms with E-state index in [0.717, 1.165) is 77.0 Å². The number of carbonyl (C=O) groups is 3. The summed E-state index contributed by atoms with van der Waals surface area (Å²) in [7, 11) is 0. The van der Waals surface area contributed by atoms with Crippen LogP contribution in [0, 0.1) is 0 Å². The van der Waals surface area contributed by atoms with Crippen molar-refractivity contribution in [2.45, 2.75) is 303 Å². The van der Waals surface area contributed by atoms with Crippen molar-refractivity contribution in [2.24, 2.45) is 0 Å². The minimum atomic E-state index is -0.769. The molecule has 1 atom stereocenters. The van der Waals surface area contributed by atoms with Crippen molar-refractivity contribution < 1.29 is 28.6 Å². The van der Waals surface area contributed by atoms with Gasteiger partial charge in [-0.3, -0.25) is 14.4 Å². The van der Waals surface area contributed by atoms with Crippen molar-refractivity contribution in [1.29, 1.82) is 0 Å². The number of rotatable bonds is 51. The van der Waals surface area contributed by atoms with Gasteiger partial charge in [-0.05, 0) is 57.8 Å². The van der Waals surface area contributed by atoms with E-state index in [9.17, 15) is 14.4 Å². The second-order valence-electron chi connectivity index (χ2n) is 18.9. The number of esters is 3. The molecule has 0 rings (SSSR count).